The van der Waals surface area contributed by atoms with E-state index in [-0.39, 0.29) is 5.91 Å². The predicted molar refractivity (Wildman–Crippen MR) is 132 cm³/mol. The molecule has 0 radical (unpaired) electrons. The average molecular weight is 475 g/mol. The smallest absolute Gasteiger partial charge is 0.329 e. The van der Waals surface area contributed by atoms with Crippen LogP contribution in [0.25, 0.3) is 0 Å². The van der Waals surface area contributed by atoms with E-state index in [0.717, 1.165) is 61.8 Å². The molecule has 1 fully saturated rings. The number of hydrogen-bond acceptors (Lipinski definition) is 5. The van der Waals surface area contributed by atoms with Crippen LogP contribution < -0.4 is 19.7 Å². The van der Waals surface area contributed by atoms with Gasteiger partial charge in [-0.2, -0.15) is 0 Å². The molecule has 0 aromatic heterocycles. The van der Waals surface area contributed by atoms with Gasteiger partial charge in [0, 0.05) is 12.1 Å². The van der Waals surface area contributed by atoms with Gasteiger partial charge in [0.15, 0.2) is 11.5 Å². The van der Waals surface area contributed by atoms with Crippen molar-refractivity contribution in [3.8, 4) is 11.5 Å². The summed E-state index contributed by atoms with van der Waals surface area (Å²) in [5.41, 5.74) is 1.74. The number of carbonyl (C=O) groups is 3. The fraction of sp³-hybridized carbons (Fsp3) is 0.577. The predicted octanol–water partition coefficient (Wildman–Crippen LogP) is 4.25. The summed E-state index contributed by atoms with van der Waals surface area (Å²) < 4.78 is 10.9. The summed E-state index contributed by atoms with van der Waals surface area (Å²) in [6, 6.07) is 3.91. The van der Waals surface area contributed by atoms with Crippen LogP contribution >= 0.6 is 0 Å². The summed E-state index contributed by atoms with van der Waals surface area (Å²) in [5, 5.41) is 11.5. The lowest BCUT2D eigenvalue weighted by atomic mass is 9.91. The maximum Gasteiger partial charge on any atom is 0.329 e. The second-order valence-corrected chi connectivity index (χ2v) is 8.77. The molecule has 1 aromatic carbocycles. The van der Waals surface area contributed by atoms with Gasteiger partial charge >= 0.3 is 5.97 Å². The number of hydrogen-bond donors (Lipinski definition) is 2. The Morgan fingerprint density at radius 3 is 2.38 bits per heavy atom. The molecule has 0 spiro atoms. The first-order chi connectivity index (χ1) is 16.3. The van der Waals surface area contributed by atoms with Crippen LogP contribution in [0.3, 0.4) is 0 Å². The molecule has 0 saturated heterocycles. The van der Waals surface area contributed by atoms with E-state index in [1.165, 1.54) is 0 Å². The van der Waals surface area contributed by atoms with Crippen LogP contribution in [0.1, 0.15) is 70.8 Å². The molecule has 3 rings (SSSR count). The van der Waals surface area contributed by atoms with Crippen molar-refractivity contribution in [2.24, 2.45) is 0 Å². The Bertz CT molecular complexity index is 888. The monoisotopic (exact) mass is 474 g/mol. The molecule has 2 amide bonds. The number of allylic oxidation sites excluding steroid dienone is 1. The van der Waals surface area contributed by atoms with Gasteiger partial charge in [-0.3, -0.25) is 9.59 Å². The summed E-state index contributed by atoms with van der Waals surface area (Å²) in [6.45, 7) is 4.68. The highest BCUT2D eigenvalue weighted by Crippen LogP contribution is 2.42. The number of aliphatic carboxylic acids is 1. The van der Waals surface area contributed by atoms with Crippen LogP contribution in [-0.4, -0.2) is 49.7 Å². The zero-order chi connectivity index (χ0) is 25.1. The SMILES string of the molecule is CCCCN1C(=O)C(C)=CCc2ccc(OC)c(OC)c21.O=CNC1(C(=O)O)CCCCCC1. The molecular weight excluding hydrogens is 436 g/mol. The van der Waals surface area contributed by atoms with Crippen molar-refractivity contribution < 1.29 is 29.0 Å². The van der Waals surface area contributed by atoms with Crippen LogP contribution in [0.2, 0.25) is 0 Å². The number of carbonyl (C=O) groups excluding carboxylic acids is 2. The van der Waals surface area contributed by atoms with E-state index in [4.69, 9.17) is 14.6 Å². The van der Waals surface area contributed by atoms with E-state index in [9.17, 15) is 14.4 Å². The van der Waals surface area contributed by atoms with E-state index in [1.807, 2.05) is 30.0 Å². The zero-order valence-electron chi connectivity index (χ0n) is 20.8. The van der Waals surface area contributed by atoms with Crippen LogP contribution in [0.5, 0.6) is 11.5 Å². The normalized spacial score (nSPS) is 17.1. The average Bonchev–Trinajstić information content (AvgIpc) is 3.15. The van der Waals surface area contributed by atoms with E-state index in [1.54, 1.807) is 14.2 Å². The van der Waals surface area contributed by atoms with Crippen molar-refractivity contribution in [3.63, 3.8) is 0 Å². The maximum absolute atomic E-state index is 12.6. The minimum Gasteiger partial charge on any atom is -0.493 e. The van der Waals surface area contributed by atoms with Crippen molar-refractivity contribution >= 4 is 24.0 Å². The molecule has 0 bridgehead atoms. The third-order valence-corrected chi connectivity index (χ3v) is 6.52. The molecule has 2 N–H and O–H groups in total. The van der Waals surface area contributed by atoms with Crippen molar-refractivity contribution in [1.82, 2.24) is 5.32 Å². The van der Waals surface area contributed by atoms with Crippen LogP contribution in [-0.2, 0) is 20.8 Å². The Morgan fingerprint density at radius 1 is 1.18 bits per heavy atom. The lowest BCUT2D eigenvalue weighted by molar-refractivity contribution is -0.146. The van der Waals surface area contributed by atoms with Gasteiger partial charge in [0.05, 0.1) is 19.9 Å². The zero-order valence-corrected chi connectivity index (χ0v) is 20.8. The van der Waals surface area contributed by atoms with Gasteiger partial charge in [0.25, 0.3) is 5.91 Å². The molecule has 2 aliphatic rings. The topological polar surface area (TPSA) is 105 Å². The van der Waals surface area contributed by atoms with Gasteiger partial charge < -0.3 is 24.8 Å². The van der Waals surface area contributed by atoms with E-state index in [0.29, 0.717) is 37.3 Å². The highest BCUT2D eigenvalue weighted by Gasteiger charge is 2.38. The molecule has 1 aliphatic carbocycles. The maximum atomic E-state index is 12.6. The number of ether oxygens (including phenoxy) is 2. The minimum absolute atomic E-state index is 0.0498. The summed E-state index contributed by atoms with van der Waals surface area (Å²) in [6.07, 6.45) is 10.2. The molecule has 1 heterocycles. The third-order valence-electron chi connectivity index (χ3n) is 6.52. The highest BCUT2D eigenvalue weighted by molar-refractivity contribution is 6.07. The molecule has 1 aromatic rings. The number of fused-ring (bicyclic) bond motifs is 1. The number of rotatable bonds is 8. The van der Waals surface area contributed by atoms with Crippen molar-refractivity contribution in [2.45, 2.75) is 77.2 Å². The second kappa shape index (κ2) is 13.0. The number of benzene rings is 1. The Balaban J connectivity index is 0.000000270. The van der Waals surface area contributed by atoms with Gasteiger partial charge in [0.1, 0.15) is 5.54 Å². The summed E-state index contributed by atoms with van der Waals surface area (Å²) >= 11 is 0. The third kappa shape index (κ3) is 6.30. The Labute approximate surface area is 202 Å². The summed E-state index contributed by atoms with van der Waals surface area (Å²) in [5.74, 6) is 0.447. The number of nitrogens with zero attached hydrogens (tertiary/aromatic N) is 1. The largest absolute Gasteiger partial charge is 0.493 e. The number of anilines is 1. The van der Waals surface area contributed by atoms with Crippen molar-refractivity contribution in [1.29, 1.82) is 0 Å². The molecule has 8 heteroatoms. The minimum atomic E-state index is -0.988. The Hall–Kier alpha value is -3.03. The standard InChI is InChI=1S/C17H23NO3.C9H15NO3/c1-5-6-11-18-15-13(8-7-12(2)17(18)19)9-10-14(20-3)16(15)21-4;11-7-10-9(8(12)13)5-3-1-2-4-6-9/h7,9-10H,5-6,8,11H2,1-4H3;7H,1-6H2,(H,10,11)(H,12,13). The molecule has 0 atom stereocenters. The van der Waals surface area contributed by atoms with Crippen LogP contribution in [0.15, 0.2) is 23.8 Å². The van der Waals surface area contributed by atoms with Gasteiger partial charge in [-0.15, -0.1) is 0 Å². The number of unbranched alkanes of at least 4 members (excludes halogenated alkanes) is 1. The van der Waals surface area contributed by atoms with Gasteiger partial charge in [-0.1, -0.05) is 51.2 Å². The van der Waals surface area contributed by atoms with E-state index < -0.39 is 11.5 Å². The first-order valence-corrected chi connectivity index (χ1v) is 12.0. The molecular formula is C26H38N2O6. The summed E-state index contributed by atoms with van der Waals surface area (Å²) in [4.78, 5) is 35.8. The Morgan fingerprint density at radius 2 is 1.85 bits per heavy atom. The molecule has 34 heavy (non-hydrogen) atoms. The molecule has 0 unspecified atom stereocenters. The molecule has 8 nitrogen and oxygen atoms in total. The fourth-order valence-electron chi connectivity index (χ4n) is 4.47. The van der Waals surface area contributed by atoms with Gasteiger partial charge in [-0.05, 0) is 44.2 Å². The van der Waals surface area contributed by atoms with Crippen LogP contribution in [0.4, 0.5) is 5.69 Å². The number of carboxylic acid groups (broad SMARTS) is 1. The fourth-order valence-corrected chi connectivity index (χ4v) is 4.47. The second-order valence-electron chi connectivity index (χ2n) is 8.77. The number of amides is 2. The first-order valence-electron chi connectivity index (χ1n) is 12.0. The van der Waals surface area contributed by atoms with Crippen LogP contribution in [0, 0.1) is 0 Å². The van der Waals surface area contributed by atoms with E-state index in [2.05, 4.69) is 12.2 Å². The number of nitrogens with one attached hydrogen (secondary N) is 1. The van der Waals surface area contributed by atoms with Gasteiger partial charge in [-0.25, -0.2) is 4.79 Å². The Kier molecular flexibility index (Phi) is 10.4. The number of methoxy groups -OCH3 is 2. The molecule has 1 saturated carbocycles. The lowest BCUT2D eigenvalue weighted by Gasteiger charge is -2.26. The summed E-state index contributed by atoms with van der Waals surface area (Å²) in [7, 11) is 3.23. The first kappa shape index (κ1) is 27.2. The molecule has 188 valence electrons. The van der Waals surface area contributed by atoms with Crippen molar-refractivity contribution in [3.05, 3.63) is 29.3 Å². The quantitative estimate of drug-likeness (QED) is 0.431. The van der Waals surface area contributed by atoms with Gasteiger partial charge in [0.2, 0.25) is 6.41 Å². The van der Waals surface area contributed by atoms with E-state index >= 15 is 0 Å². The lowest BCUT2D eigenvalue weighted by Crippen LogP contribution is -2.51. The number of carboxylic acids is 1. The molecule has 1 aliphatic heterocycles. The van der Waals surface area contributed by atoms with Crippen molar-refractivity contribution in [2.75, 3.05) is 25.7 Å². The highest BCUT2D eigenvalue weighted by atomic mass is 16.5.